The summed E-state index contributed by atoms with van der Waals surface area (Å²) in [6, 6.07) is 12.9. The molecule has 0 fully saturated rings. The first-order valence-electron chi connectivity index (χ1n) is 8.22. The number of fused-ring (bicyclic) bond motifs is 1. The van der Waals surface area contributed by atoms with Gasteiger partial charge in [-0.05, 0) is 55.7 Å². The van der Waals surface area contributed by atoms with Crippen LogP contribution in [0.15, 0.2) is 41.4 Å². The van der Waals surface area contributed by atoms with Crippen molar-refractivity contribution in [3.63, 3.8) is 0 Å². The second-order valence-corrected chi connectivity index (χ2v) is 8.18. The summed E-state index contributed by atoms with van der Waals surface area (Å²) in [5, 5.41) is 3.66. The number of para-hydroxylation sites is 1. The van der Waals surface area contributed by atoms with E-state index in [0.29, 0.717) is 0 Å². The molecule has 1 heterocycles. The van der Waals surface area contributed by atoms with E-state index < -0.39 is 0 Å². The summed E-state index contributed by atoms with van der Waals surface area (Å²) >= 11 is 1.87. The van der Waals surface area contributed by atoms with E-state index in [0.717, 1.165) is 17.1 Å². The molecule has 2 aromatic carbocycles. The highest BCUT2D eigenvalue weighted by molar-refractivity contribution is 8.00. The third-order valence-electron chi connectivity index (χ3n) is 4.45. The summed E-state index contributed by atoms with van der Waals surface area (Å²) in [5.74, 6) is 0.935. The van der Waals surface area contributed by atoms with Gasteiger partial charge in [0.25, 0.3) is 0 Å². The van der Waals surface area contributed by atoms with E-state index in [4.69, 9.17) is 4.99 Å². The Kier molecular flexibility index (Phi) is 4.59. The Bertz CT molecular complexity index is 782. The van der Waals surface area contributed by atoms with Crippen LogP contribution in [-0.2, 0) is 5.75 Å². The molecule has 0 radical (unpaired) electrons. The Hall–Kier alpha value is -1.94. The van der Waals surface area contributed by atoms with Crippen molar-refractivity contribution >= 4 is 35.0 Å². The zero-order chi connectivity index (χ0) is 17.3. The van der Waals surface area contributed by atoms with Crippen molar-refractivity contribution < 1.29 is 0 Å². The highest BCUT2D eigenvalue weighted by atomic mass is 32.2. The molecule has 126 valence electrons. The lowest BCUT2D eigenvalue weighted by atomic mass is 10.1. The molecule has 0 amide bonds. The second-order valence-electron chi connectivity index (χ2n) is 6.76. The molecule has 0 bridgehead atoms. The molecule has 0 aromatic heterocycles. The summed E-state index contributed by atoms with van der Waals surface area (Å²) in [6.45, 7) is 6.47. The topological polar surface area (TPSA) is 27.6 Å². The monoisotopic (exact) mass is 339 g/mol. The van der Waals surface area contributed by atoms with E-state index in [1.807, 2.05) is 18.0 Å². The Morgan fingerprint density at radius 2 is 1.83 bits per heavy atom. The molecule has 1 N–H and O–H groups in total. The summed E-state index contributed by atoms with van der Waals surface area (Å²) in [4.78, 5) is 6.67. The maximum absolute atomic E-state index is 4.70. The van der Waals surface area contributed by atoms with E-state index in [-0.39, 0.29) is 4.87 Å². The lowest BCUT2D eigenvalue weighted by Gasteiger charge is -2.32. The van der Waals surface area contributed by atoms with Crippen LogP contribution in [0.4, 0.5) is 17.1 Å². The molecule has 4 heteroatoms. The lowest BCUT2D eigenvalue weighted by molar-refractivity contribution is 0.970. The number of aliphatic imine (C=N–C) groups is 1. The largest absolute Gasteiger partial charge is 0.377 e. The van der Waals surface area contributed by atoms with Gasteiger partial charge < -0.3 is 10.2 Å². The van der Waals surface area contributed by atoms with E-state index in [9.17, 15) is 0 Å². The van der Waals surface area contributed by atoms with Crippen molar-refractivity contribution in [2.24, 2.45) is 4.99 Å². The molecule has 2 aromatic rings. The van der Waals surface area contributed by atoms with Crippen LogP contribution in [0.2, 0.25) is 0 Å². The number of aryl methyl sites for hydroxylation is 2. The van der Waals surface area contributed by atoms with Crippen LogP contribution in [0.1, 0.15) is 23.6 Å². The van der Waals surface area contributed by atoms with Crippen LogP contribution in [0.5, 0.6) is 0 Å². The fourth-order valence-electron chi connectivity index (χ4n) is 2.87. The number of thioether (sulfide) groups is 1. The zero-order valence-electron chi connectivity index (χ0n) is 15.1. The van der Waals surface area contributed by atoms with Gasteiger partial charge in [0.2, 0.25) is 0 Å². The Labute approximate surface area is 149 Å². The van der Waals surface area contributed by atoms with Crippen LogP contribution in [-0.4, -0.2) is 25.2 Å². The number of hydrogen-bond donors (Lipinski definition) is 1. The van der Waals surface area contributed by atoms with Gasteiger partial charge in [-0.1, -0.05) is 18.2 Å². The minimum atomic E-state index is -0.200. The van der Waals surface area contributed by atoms with E-state index in [2.05, 4.69) is 81.5 Å². The molecule has 3 rings (SSSR count). The summed E-state index contributed by atoms with van der Waals surface area (Å²) < 4.78 is 0. The number of nitrogens with zero attached hydrogens (tertiary/aromatic N) is 2. The van der Waals surface area contributed by atoms with Gasteiger partial charge in [-0.15, -0.1) is 11.8 Å². The van der Waals surface area contributed by atoms with Crippen molar-refractivity contribution in [3.8, 4) is 0 Å². The van der Waals surface area contributed by atoms with Gasteiger partial charge in [0.05, 0.1) is 11.4 Å². The van der Waals surface area contributed by atoms with Gasteiger partial charge in [-0.2, -0.15) is 0 Å². The Morgan fingerprint density at radius 3 is 2.58 bits per heavy atom. The molecule has 0 saturated heterocycles. The maximum atomic E-state index is 4.70. The fraction of sp³-hybridized carbons (Fsp3) is 0.350. The maximum Gasteiger partial charge on any atom is 0.117 e. The molecular weight excluding hydrogens is 314 g/mol. The highest BCUT2D eigenvalue weighted by Crippen LogP contribution is 2.39. The van der Waals surface area contributed by atoms with Crippen molar-refractivity contribution in [2.75, 3.05) is 24.3 Å². The van der Waals surface area contributed by atoms with E-state index >= 15 is 0 Å². The van der Waals surface area contributed by atoms with Gasteiger partial charge in [-0.25, -0.2) is 0 Å². The van der Waals surface area contributed by atoms with Crippen LogP contribution in [0, 0.1) is 13.8 Å². The van der Waals surface area contributed by atoms with Crippen LogP contribution < -0.4 is 10.2 Å². The lowest BCUT2D eigenvalue weighted by Crippen LogP contribution is -2.34. The molecule has 1 atom stereocenters. The predicted molar refractivity (Wildman–Crippen MR) is 108 cm³/mol. The van der Waals surface area contributed by atoms with Crippen molar-refractivity contribution in [1.29, 1.82) is 0 Å². The summed E-state index contributed by atoms with van der Waals surface area (Å²) in [5.41, 5.74) is 7.34. The van der Waals surface area contributed by atoms with E-state index in [1.54, 1.807) is 0 Å². The molecule has 1 unspecified atom stereocenters. The molecule has 1 aliphatic rings. The first-order chi connectivity index (χ1) is 11.4. The quantitative estimate of drug-likeness (QED) is 0.835. The average molecular weight is 340 g/mol. The predicted octanol–water partition coefficient (Wildman–Crippen LogP) is 5.15. The summed E-state index contributed by atoms with van der Waals surface area (Å²) in [7, 11) is 4.18. The third kappa shape index (κ3) is 3.44. The smallest absolute Gasteiger partial charge is 0.117 e. The summed E-state index contributed by atoms with van der Waals surface area (Å²) in [6.07, 6.45) is 2.03. The first-order valence-corrected chi connectivity index (χ1v) is 9.20. The standard InChI is InChI=1S/C20H25N3S/c1-14-10-17-18(11-15(14)2)22-20(3,13-21-17)24-12-16-8-6-7-9-19(16)23(4)5/h6-11,13,22H,12H2,1-5H3. The van der Waals surface area contributed by atoms with Crippen molar-refractivity contribution in [2.45, 2.75) is 31.4 Å². The number of nitrogens with one attached hydrogen (secondary N) is 1. The van der Waals surface area contributed by atoms with Gasteiger partial charge in [0, 0.05) is 31.8 Å². The second kappa shape index (κ2) is 6.52. The minimum Gasteiger partial charge on any atom is -0.377 e. The van der Waals surface area contributed by atoms with Crippen LogP contribution >= 0.6 is 11.8 Å². The number of rotatable bonds is 4. The van der Waals surface area contributed by atoms with Crippen molar-refractivity contribution in [3.05, 3.63) is 53.1 Å². The minimum absolute atomic E-state index is 0.200. The molecule has 0 spiro atoms. The van der Waals surface area contributed by atoms with Crippen LogP contribution in [0.25, 0.3) is 0 Å². The normalized spacial score (nSPS) is 18.9. The molecule has 3 nitrogen and oxygen atoms in total. The SMILES string of the molecule is Cc1cc2c(cc1C)NC(C)(SCc1ccccc1N(C)C)C=N2. The number of hydrogen-bond acceptors (Lipinski definition) is 4. The molecule has 0 saturated carbocycles. The fourth-order valence-corrected chi connectivity index (χ4v) is 3.88. The number of benzene rings is 2. The number of anilines is 2. The average Bonchev–Trinajstić information content (AvgIpc) is 2.55. The van der Waals surface area contributed by atoms with Crippen molar-refractivity contribution in [1.82, 2.24) is 0 Å². The van der Waals surface area contributed by atoms with E-state index in [1.165, 1.54) is 22.4 Å². The Morgan fingerprint density at radius 1 is 1.12 bits per heavy atom. The first kappa shape index (κ1) is 16.9. The molecule has 0 aliphatic carbocycles. The van der Waals surface area contributed by atoms with Crippen LogP contribution in [0.3, 0.4) is 0 Å². The molecule has 24 heavy (non-hydrogen) atoms. The van der Waals surface area contributed by atoms with Gasteiger partial charge in [0.1, 0.15) is 4.87 Å². The van der Waals surface area contributed by atoms with Gasteiger partial charge >= 0.3 is 0 Å². The molecular formula is C20H25N3S. The third-order valence-corrected chi connectivity index (χ3v) is 5.71. The van der Waals surface area contributed by atoms with Gasteiger partial charge in [-0.3, -0.25) is 4.99 Å². The Balaban J connectivity index is 1.78. The molecule has 1 aliphatic heterocycles. The van der Waals surface area contributed by atoms with Gasteiger partial charge in [0.15, 0.2) is 0 Å². The zero-order valence-corrected chi connectivity index (χ0v) is 15.9. The highest BCUT2D eigenvalue weighted by Gasteiger charge is 2.27.